The molecular weight excluding hydrogens is 318 g/mol. The van der Waals surface area contributed by atoms with Gasteiger partial charge in [-0.05, 0) is 18.6 Å². The number of benzene rings is 1. The van der Waals surface area contributed by atoms with Crippen molar-refractivity contribution in [2.45, 2.75) is 33.2 Å². The highest BCUT2D eigenvalue weighted by Gasteiger charge is 2.13. The number of hydrogen-bond donors (Lipinski definition) is 3. The standard InChI is InChI=1S/C18H25N5O2/c1-4-15-14(16(5-2)25-23-15)11-20-18(19-3)21-12-17(24)22-13-9-7-6-8-10-13/h6-10H,4-5,11-12H2,1-3H3,(H,22,24)(H2,19,20,21). The van der Waals surface area contributed by atoms with Crippen molar-refractivity contribution in [1.82, 2.24) is 15.8 Å². The first kappa shape index (κ1) is 18.5. The molecule has 0 radical (unpaired) electrons. The average Bonchev–Trinajstić information content (AvgIpc) is 3.04. The van der Waals surface area contributed by atoms with E-state index in [1.165, 1.54) is 0 Å². The van der Waals surface area contributed by atoms with Gasteiger partial charge in [0.15, 0.2) is 5.96 Å². The van der Waals surface area contributed by atoms with Gasteiger partial charge in [0.05, 0.1) is 12.2 Å². The van der Waals surface area contributed by atoms with Crippen LogP contribution in [0.4, 0.5) is 5.69 Å². The number of guanidine groups is 1. The van der Waals surface area contributed by atoms with Crippen LogP contribution in [0, 0.1) is 0 Å². The summed E-state index contributed by atoms with van der Waals surface area (Å²) in [6.07, 6.45) is 1.60. The highest BCUT2D eigenvalue weighted by atomic mass is 16.5. The van der Waals surface area contributed by atoms with E-state index in [1.807, 2.05) is 44.2 Å². The zero-order valence-corrected chi connectivity index (χ0v) is 14.9. The minimum absolute atomic E-state index is 0.124. The number of amides is 1. The lowest BCUT2D eigenvalue weighted by Crippen LogP contribution is -2.41. The van der Waals surface area contributed by atoms with Crippen molar-refractivity contribution in [2.24, 2.45) is 4.99 Å². The van der Waals surface area contributed by atoms with Gasteiger partial charge in [0.1, 0.15) is 5.76 Å². The topological polar surface area (TPSA) is 91.6 Å². The second-order valence-electron chi connectivity index (χ2n) is 5.43. The molecule has 1 heterocycles. The highest BCUT2D eigenvalue weighted by molar-refractivity contribution is 5.94. The van der Waals surface area contributed by atoms with E-state index in [4.69, 9.17) is 4.52 Å². The Balaban J connectivity index is 1.85. The van der Waals surface area contributed by atoms with Crippen molar-refractivity contribution >= 4 is 17.6 Å². The molecule has 0 unspecified atom stereocenters. The molecule has 0 saturated heterocycles. The summed E-state index contributed by atoms with van der Waals surface area (Å²) >= 11 is 0. The zero-order chi connectivity index (χ0) is 18.1. The molecule has 0 spiro atoms. The van der Waals surface area contributed by atoms with Crippen LogP contribution in [-0.2, 0) is 24.2 Å². The van der Waals surface area contributed by atoms with E-state index in [2.05, 4.69) is 26.1 Å². The third-order valence-electron chi connectivity index (χ3n) is 3.74. The lowest BCUT2D eigenvalue weighted by atomic mass is 10.1. The Hall–Kier alpha value is -2.83. The summed E-state index contributed by atoms with van der Waals surface area (Å²) in [7, 11) is 1.67. The molecule has 3 N–H and O–H groups in total. The largest absolute Gasteiger partial charge is 0.361 e. The van der Waals surface area contributed by atoms with Crippen LogP contribution >= 0.6 is 0 Å². The Bertz CT molecular complexity index is 688. The molecular formula is C18H25N5O2. The third-order valence-corrected chi connectivity index (χ3v) is 3.74. The van der Waals surface area contributed by atoms with Crippen molar-refractivity contribution in [1.29, 1.82) is 0 Å². The molecule has 2 aromatic rings. The van der Waals surface area contributed by atoms with Crippen molar-refractivity contribution in [3.8, 4) is 0 Å². The van der Waals surface area contributed by atoms with E-state index < -0.39 is 0 Å². The lowest BCUT2D eigenvalue weighted by Gasteiger charge is -2.12. The van der Waals surface area contributed by atoms with E-state index in [0.717, 1.165) is 35.5 Å². The Kier molecular flexibility index (Phi) is 7.00. The number of carbonyl (C=O) groups excluding carboxylic acids is 1. The maximum absolute atomic E-state index is 12.0. The minimum Gasteiger partial charge on any atom is -0.361 e. The van der Waals surface area contributed by atoms with Crippen molar-refractivity contribution in [3.05, 3.63) is 47.3 Å². The van der Waals surface area contributed by atoms with E-state index >= 15 is 0 Å². The van der Waals surface area contributed by atoms with Crippen molar-refractivity contribution in [2.75, 3.05) is 18.9 Å². The number of carbonyl (C=O) groups is 1. The van der Waals surface area contributed by atoms with Gasteiger partial charge in [0, 0.05) is 31.3 Å². The van der Waals surface area contributed by atoms with Crippen LogP contribution in [0.2, 0.25) is 0 Å². The molecule has 7 heteroatoms. The molecule has 7 nitrogen and oxygen atoms in total. The van der Waals surface area contributed by atoms with Gasteiger partial charge in [0.2, 0.25) is 5.91 Å². The Morgan fingerprint density at radius 3 is 2.56 bits per heavy atom. The summed E-state index contributed by atoms with van der Waals surface area (Å²) < 4.78 is 5.35. The highest BCUT2D eigenvalue weighted by Crippen LogP contribution is 2.15. The fourth-order valence-corrected chi connectivity index (χ4v) is 2.42. The quantitative estimate of drug-likeness (QED) is 0.529. The SMILES string of the molecule is CCc1noc(CC)c1CNC(=NC)NCC(=O)Nc1ccccc1. The number of aromatic nitrogens is 1. The molecule has 0 atom stereocenters. The number of hydrogen-bond acceptors (Lipinski definition) is 4. The summed E-state index contributed by atoms with van der Waals surface area (Å²) in [5, 5.41) is 13.1. The number of anilines is 1. The maximum Gasteiger partial charge on any atom is 0.243 e. The molecule has 0 fully saturated rings. The number of para-hydroxylation sites is 1. The first-order valence-electron chi connectivity index (χ1n) is 8.43. The van der Waals surface area contributed by atoms with Gasteiger partial charge in [-0.2, -0.15) is 0 Å². The van der Waals surface area contributed by atoms with Gasteiger partial charge in [-0.15, -0.1) is 0 Å². The Morgan fingerprint density at radius 2 is 1.92 bits per heavy atom. The Morgan fingerprint density at radius 1 is 1.16 bits per heavy atom. The van der Waals surface area contributed by atoms with Crippen LogP contribution < -0.4 is 16.0 Å². The number of nitrogens with zero attached hydrogens (tertiary/aromatic N) is 2. The summed E-state index contributed by atoms with van der Waals surface area (Å²) in [5.74, 6) is 1.29. The number of nitrogens with one attached hydrogen (secondary N) is 3. The molecule has 1 aromatic heterocycles. The summed E-state index contributed by atoms with van der Waals surface area (Å²) in [5.41, 5.74) is 2.77. The Labute approximate surface area is 147 Å². The molecule has 0 aliphatic rings. The summed E-state index contributed by atoms with van der Waals surface area (Å²) in [6, 6.07) is 9.34. The number of aliphatic imine (C=N–C) groups is 1. The van der Waals surface area contributed by atoms with Crippen LogP contribution in [0.5, 0.6) is 0 Å². The van der Waals surface area contributed by atoms with Gasteiger partial charge in [-0.1, -0.05) is 37.2 Å². The summed E-state index contributed by atoms with van der Waals surface area (Å²) in [4.78, 5) is 16.1. The fourth-order valence-electron chi connectivity index (χ4n) is 2.42. The normalized spacial score (nSPS) is 11.2. The smallest absolute Gasteiger partial charge is 0.243 e. The third kappa shape index (κ3) is 5.34. The van der Waals surface area contributed by atoms with Gasteiger partial charge < -0.3 is 20.5 Å². The van der Waals surface area contributed by atoms with E-state index in [-0.39, 0.29) is 12.5 Å². The molecule has 0 bridgehead atoms. The van der Waals surface area contributed by atoms with E-state index in [0.29, 0.717) is 12.5 Å². The summed E-state index contributed by atoms with van der Waals surface area (Å²) in [6.45, 7) is 4.75. The van der Waals surface area contributed by atoms with Crippen LogP contribution in [0.3, 0.4) is 0 Å². The van der Waals surface area contributed by atoms with Crippen molar-refractivity contribution in [3.63, 3.8) is 0 Å². The predicted octanol–water partition coefficient (Wildman–Crippen LogP) is 2.10. The second kappa shape index (κ2) is 9.46. The van der Waals surface area contributed by atoms with Gasteiger partial charge in [-0.3, -0.25) is 9.79 Å². The van der Waals surface area contributed by atoms with Gasteiger partial charge >= 0.3 is 0 Å². The van der Waals surface area contributed by atoms with Crippen molar-refractivity contribution < 1.29 is 9.32 Å². The number of rotatable bonds is 7. The molecule has 0 aliphatic heterocycles. The monoisotopic (exact) mass is 343 g/mol. The van der Waals surface area contributed by atoms with Crippen LogP contribution in [0.1, 0.15) is 30.9 Å². The first-order chi connectivity index (χ1) is 12.2. The van der Waals surface area contributed by atoms with E-state index in [1.54, 1.807) is 7.05 Å². The molecule has 0 aliphatic carbocycles. The molecule has 134 valence electrons. The molecule has 25 heavy (non-hydrogen) atoms. The first-order valence-corrected chi connectivity index (χ1v) is 8.43. The van der Waals surface area contributed by atoms with Crippen LogP contribution in [-0.4, -0.2) is 30.6 Å². The average molecular weight is 343 g/mol. The second-order valence-corrected chi connectivity index (χ2v) is 5.43. The molecule has 1 aromatic carbocycles. The van der Waals surface area contributed by atoms with Crippen LogP contribution in [0.25, 0.3) is 0 Å². The van der Waals surface area contributed by atoms with E-state index in [9.17, 15) is 4.79 Å². The van der Waals surface area contributed by atoms with Crippen LogP contribution in [0.15, 0.2) is 39.8 Å². The number of aryl methyl sites for hydroxylation is 2. The van der Waals surface area contributed by atoms with Gasteiger partial charge in [-0.25, -0.2) is 0 Å². The predicted molar refractivity (Wildman–Crippen MR) is 98.5 cm³/mol. The van der Waals surface area contributed by atoms with Gasteiger partial charge in [0.25, 0.3) is 0 Å². The molecule has 0 saturated carbocycles. The molecule has 1 amide bonds. The molecule has 2 rings (SSSR count). The maximum atomic E-state index is 12.0. The fraction of sp³-hybridized carbons (Fsp3) is 0.389. The minimum atomic E-state index is -0.136. The lowest BCUT2D eigenvalue weighted by molar-refractivity contribution is -0.115. The zero-order valence-electron chi connectivity index (χ0n) is 14.9.